The fourth-order valence-corrected chi connectivity index (χ4v) is 5.60. The predicted octanol–water partition coefficient (Wildman–Crippen LogP) is 3.72. The minimum atomic E-state index is -0.449. The normalized spacial score (nSPS) is 36.4. The Morgan fingerprint density at radius 2 is 1.67 bits per heavy atom. The van der Waals surface area contributed by atoms with Crippen LogP contribution in [0.5, 0.6) is 0 Å². The average molecular weight is 493 g/mol. The summed E-state index contributed by atoms with van der Waals surface area (Å²) in [6.07, 6.45) is 3.49. The molecular formula is C20H32INO5. The van der Waals surface area contributed by atoms with E-state index in [1.165, 1.54) is 5.06 Å². The van der Waals surface area contributed by atoms with Crippen LogP contribution in [0.4, 0.5) is 0 Å². The zero-order valence-corrected chi connectivity index (χ0v) is 19.1. The van der Waals surface area contributed by atoms with E-state index in [4.69, 9.17) is 9.47 Å². The lowest BCUT2D eigenvalue weighted by atomic mass is 9.80. The Morgan fingerprint density at radius 3 is 2.19 bits per heavy atom. The number of hydrogen-bond donors (Lipinski definition) is 1. The highest BCUT2D eigenvalue weighted by Gasteiger charge is 2.53. The summed E-state index contributed by atoms with van der Waals surface area (Å²) in [4.78, 5) is 24.9. The van der Waals surface area contributed by atoms with Gasteiger partial charge < -0.3 is 14.7 Å². The van der Waals surface area contributed by atoms with Crippen LogP contribution < -0.4 is 0 Å². The van der Waals surface area contributed by atoms with E-state index in [1.807, 2.05) is 34.6 Å². The van der Waals surface area contributed by atoms with Crippen molar-refractivity contribution < 1.29 is 24.3 Å². The first-order valence-electron chi connectivity index (χ1n) is 9.95. The Labute approximate surface area is 175 Å². The number of alkyl halides is 1. The van der Waals surface area contributed by atoms with E-state index < -0.39 is 11.1 Å². The van der Waals surface area contributed by atoms with E-state index in [9.17, 15) is 14.8 Å². The summed E-state index contributed by atoms with van der Waals surface area (Å²) in [6, 6.07) is 0. The predicted molar refractivity (Wildman–Crippen MR) is 109 cm³/mol. The lowest BCUT2D eigenvalue weighted by molar-refractivity contribution is -0.260. The van der Waals surface area contributed by atoms with Crippen molar-refractivity contribution >= 4 is 34.5 Å². The molecule has 2 bridgehead atoms. The molecule has 3 rings (SSSR count). The van der Waals surface area contributed by atoms with Crippen LogP contribution in [0.3, 0.4) is 0 Å². The second-order valence-electron chi connectivity index (χ2n) is 9.84. The van der Waals surface area contributed by atoms with E-state index in [2.05, 4.69) is 22.6 Å². The largest absolute Gasteiger partial charge is 0.462 e. The van der Waals surface area contributed by atoms with Gasteiger partial charge in [-0.05, 0) is 59.8 Å². The van der Waals surface area contributed by atoms with Crippen molar-refractivity contribution in [1.29, 1.82) is 0 Å². The number of ether oxygens (including phenoxy) is 2. The molecule has 2 saturated carbocycles. The molecule has 1 saturated heterocycles. The third-order valence-electron chi connectivity index (χ3n) is 6.53. The zero-order valence-electron chi connectivity index (χ0n) is 16.9. The summed E-state index contributed by atoms with van der Waals surface area (Å²) in [5.74, 6) is -0.000109. The quantitative estimate of drug-likeness (QED) is 0.366. The van der Waals surface area contributed by atoms with Crippen molar-refractivity contribution in [2.75, 3.05) is 0 Å². The van der Waals surface area contributed by atoms with Gasteiger partial charge in [0.2, 0.25) is 0 Å². The zero-order chi connectivity index (χ0) is 20.1. The highest BCUT2D eigenvalue weighted by molar-refractivity contribution is 14.1. The van der Waals surface area contributed by atoms with Gasteiger partial charge in [-0.15, -0.1) is 0 Å². The van der Waals surface area contributed by atoms with Crippen molar-refractivity contribution in [1.82, 2.24) is 5.06 Å². The van der Waals surface area contributed by atoms with Gasteiger partial charge >= 0.3 is 11.9 Å². The minimum absolute atomic E-state index is 0.0838. The molecule has 5 unspecified atom stereocenters. The van der Waals surface area contributed by atoms with Gasteiger partial charge in [-0.2, -0.15) is 5.06 Å². The second kappa shape index (κ2) is 7.44. The molecule has 3 fully saturated rings. The van der Waals surface area contributed by atoms with Gasteiger partial charge in [0.05, 0.1) is 5.92 Å². The third-order valence-corrected chi connectivity index (χ3v) is 7.04. The Balaban J connectivity index is 1.62. The van der Waals surface area contributed by atoms with Crippen LogP contribution in [0.15, 0.2) is 0 Å². The van der Waals surface area contributed by atoms with E-state index in [-0.39, 0.29) is 39.9 Å². The van der Waals surface area contributed by atoms with Gasteiger partial charge in [0.15, 0.2) is 0 Å². The fraction of sp³-hybridized carbons (Fsp3) is 0.900. The second-order valence-corrected chi connectivity index (χ2v) is 11.7. The molecule has 0 radical (unpaired) electrons. The topological polar surface area (TPSA) is 76.1 Å². The molecule has 7 heteroatoms. The van der Waals surface area contributed by atoms with E-state index in [1.54, 1.807) is 0 Å². The summed E-state index contributed by atoms with van der Waals surface area (Å²) < 4.78 is 11.4. The van der Waals surface area contributed by atoms with Crippen molar-refractivity contribution in [2.24, 2.45) is 17.8 Å². The highest BCUT2D eigenvalue weighted by Crippen LogP contribution is 2.50. The van der Waals surface area contributed by atoms with Gasteiger partial charge in [-0.1, -0.05) is 22.6 Å². The molecule has 0 aromatic rings. The Bertz CT molecular complexity index is 587. The molecule has 5 atom stereocenters. The number of hydroxylamine groups is 2. The fourth-order valence-electron chi connectivity index (χ4n) is 5.45. The van der Waals surface area contributed by atoms with Gasteiger partial charge in [0, 0.05) is 29.8 Å². The number of rotatable bonds is 4. The van der Waals surface area contributed by atoms with E-state index in [0.29, 0.717) is 18.8 Å². The molecule has 1 N–H and O–H groups in total. The average Bonchev–Trinajstić information content (AvgIpc) is 3.12. The van der Waals surface area contributed by atoms with Crippen LogP contribution in [0.1, 0.15) is 66.7 Å². The van der Waals surface area contributed by atoms with E-state index in [0.717, 1.165) is 19.3 Å². The SMILES string of the molecule is CC(I)C(=O)OC1CC2CC(C(=O)OC3CC(C)(C)N(O)C(C)(C)C3)C1C2. The molecule has 1 aliphatic heterocycles. The van der Waals surface area contributed by atoms with Gasteiger partial charge in [0.25, 0.3) is 0 Å². The molecule has 0 aromatic carbocycles. The Morgan fingerprint density at radius 1 is 1.07 bits per heavy atom. The molecule has 6 nitrogen and oxygen atoms in total. The van der Waals surface area contributed by atoms with Gasteiger partial charge in [0.1, 0.15) is 16.1 Å². The molecule has 27 heavy (non-hydrogen) atoms. The molecule has 1 heterocycles. The molecule has 3 aliphatic rings. The van der Waals surface area contributed by atoms with Crippen molar-refractivity contribution in [3.63, 3.8) is 0 Å². The highest BCUT2D eigenvalue weighted by atomic mass is 127. The lowest BCUT2D eigenvalue weighted by Gasteiger charge is -2.51. The maximum absolute atomic E-state index is 12.9. The number of piperidine rings is 1. The molecule has 2 aliphatic carbocycles. The minimum Gasteiger partial charge on any atom is -0.462 e. The van der Waals surface area contributed by atoms with Gasteiger partial charge in [-0.3, -0.25) is 9.59 Å². The summed E-state index contributed by atoms with van der Waals surface area (Å²) in [7, 11) is 0. The Kier molecular flexibility index (Phi) is 5.87. The first kappa shape index (κ1) is 21.3. The van der Waals surface area contributed by atoms with Crippen LogP contribution >= 0.6 is 22.6 Å². The maximum Gasteiger partial charge on any atom is 0.318 e. The number of esters is 2. The first-order chi connectivity index (χ1) is 12.4. The molecule has 0 spiro atoms. The number of carbonyl (C=O) groups excluding carboxylic acids is 2. The summed E-state index contributed by atoms with van der Waals surface area (Å²) in [5.41, 5.74) is -0.897. The summed E-state index contributed by atoms with van der Waals surface area (Å²) in [5, 5.41) is 11.8. The monoisotopic (exact) mass is 493 g/mol. The van der Waals surface area contributed by atoms with Crippen molar-refractivity contribution in [3.05, 3.63) is 0 Å². The number of hydrogen-bond acceptors (Lipinski definition) is 6. The number of halogens is 1. The van der Waals surface area contributed by atoms with Crippen LogP contribution in [-0.4, -0.2) is 49.4 Å². The molecule has 0 amide bonds. The number of nitrogens with zero attached hydrogens (tertiary/aromatic N) is 1. The van der Waals surface area contributed by atoms with Crippen LogP contribution in [0.2, 0.25) is 0 Å². The number of fused-ring (bicyclic) bond motifs is 2. The summed E-state index contributed by atoms with van der Waals surface area (Å²) >= 11 is 2.06. The third kappa shape index (κ3) is 4.29. The lowest BCUT2D eigenvalue weighted by Crippen LogP contribution is -2.60. The summed E-state index contributed by atoms with van der Waals surface area (Å²) in [6.45, 7) is 9.68. The van der Waals surface area contributed by atoms with E-state index >= 15 is 0 Å². The van der Waals surface area contributed by atoms with Crippen LogP contribution in [-0.2, 0) is 19.1 Å². The molecule has 0 aromatic heterocycles. The van der Waals surface area contributed by atoms with Crippen LogP contribution in [0.25, 0.3) is 0 Å². The Hall–Kier alpha value is -0.410. The number of carbonyl (C=O) groups is 2. The molecule has 154 valence electrons. The first-order valence-corrected chi connectivity index (χ1v) is 11.2. The van der Waals surface area contributed by atoms with Crippen molar-refractivity contribution in [2.45, 2.75) is 93.9 Å². The van der Waals surface area contributed by atoms with Gasteiger partial charge in [-0.25, -0.2) is 0 Å². The van der Waals surface area contributed by atoms with Crippen LogP contribution in [0, 0.1) is 17.8 Å². The standard InChI is InChI=1S/C20H32INO5/c1-11(21)17(23)27-16-8-12-6-14(16)15(7-12)18(24)26-13-9-19(2,3)22(25)20(4,5)10-13/h11-16,25H,6-10H2,1-5H3. The molecular weight excluding hydrogens is 461 g/mol. The smallest absolute Gasteiger partial charge is 0.318 e. The maximum atomic E-state index is 12.9. The van der Waals surface area contributed by atoms with Crippen molar-refractivity contribution in [3.8, 4) is 0 Å².